The van der Waals surface area contributed by atoms with Crippen molar-refractivity contribution < 1.29 is 9.53 Å². The first-order chi connectivity index (χ1) is 9.13. The van der Waals surface area contributed by atoms with E-state index in [9.17, 15) is 4.79 Å². The molecule has 0 fully saturated rings. The van der Waals surface area contributed by atoms with Crippen molar-refractivity contribution in [3.8, 4) is 5.75 Å². The number of rotatable bonds is 2. The van der Waals surface area contributed by atoms with Crippen LogP contribution in [0.1, 0.15) is 21.5 Å². The van der Waals surface area contributed by atoms with Gasteiger partial charge in [0.2, 0.25) is 0 Å². The van der Waals surface area contributed by atoms with E-state index in [2.05, 4.69) is 0 Å². The molecule has 96 valence electrons. The maximum atomic E-state index is 12.4. The number of hydrogen-bond donors (Lipinski definition) is 1. The Morgan fingerprint density at radius 3 is 2.79 bits per heavy atom. The number of carbonyl (C=O) groups excluding carboxylic acids is 1. The van der Waals surface area contributed by atoms with Gasteiger partial charge in [0.25, 0.3) is 0 Å². The Hall–Kier alpha value is -2.00. The van der Waals surface area contributed by atoms with E-state index in [0.29, 0.717) is 28.4 Å². The van der Waals surface area contributed by atoms with Crippen molar-refractivity contribution in [2.45, 2.75) is 6.42 Å². The van der Waals surface area contributed by atoms with Gasteiger partial charge in [0.15, 0.2) is 5.78 Å². The number of anilines is 1. The lowest BCUT2D eigenvalue weighted by Crippen LogP contribution is -2.02. The highest BCUT2D eigenvalue weighted by Crippen LogP contribution is 2.27. The van der Waals surface area contributed by atoms with Gasteiger partial charge >= 0.3 is 0 Å². The first-order valence-electron chi connectivity index (χ1n) is 6.00. The van der Waals surface area contributed by atoms with Crippen LogP contribution in [0.15, 0.2) is 36.4 Å². The molecule has 2 aromatic carbocycles. The molecule has 0 atom stereocenters. The standard InChI is InChI=1S/C15H12ClNO2/c16-12-6-11(7-13(17)8-12)15(18)10-1-2-14-9(5-10)3-4-19-14/h1-2,5-8H,3-4,17H2. The van der Waals surface area contributed by atoms with Gasteiger partial charge in [-0.05, 0) is 42.0 Å². The maximum Gasteiger partial charge on any atom is 0.193 e. The second kappa shape index (κ2) is 4.59. The van der Waals surface area contributed by atoms with Gasteiger partial charge in [-0.25, -0.2) is 0 Å². The molecule has 0 aliphatic carbocycles. The summed E-state index contributed by atoms with van der Waals surface area (Å²) in [6.07, 6.45) is 0.841. The monoisotopic (exact) mass is 273 g/mol. The van der Waals surface area contributed by atoms with Gasteiger partial charge in [-0.1, -0.05) is 11.6 Å². The number of benzene rings is 2. The summed E-state index contributed by atoms with van der Waals surface area (Å²) in [7, 11) is 0. The number of nitrogens with two attached hydrogens (primary N) is 1. The third kappa shape index (κ3) is 2.29. The molecule has 0 saturated carbocycles. The Bertz CT molecular complexity index is 647. The molecule has 0 amide bonds. The lowest BCUT2D eigenvalue weighted by atomic mass is 10.00. The minimum atomic E-state index is -0.0797. The molecule has 0 radical (unpaired) electrons. The summed E-state index contributed by atoms with van der Waals surface area (Å²) in [5.74, 6) is 0.783. The molecular formula is C15H12ClNO2. The molecular weight excluding hydrogens is 262 g/mol. The third-order valence-electron chi connectivity index (χ3n) is 3.13. The fraction of sp³-hybridized carbons (Fsp3) is 0.133. The second-order valence-corrected chi connectivity index (χ2v) is 4.96. The van der Waals surface area contributed by atoms with E-state index in [1.807, 2.05) is 12.1 Å². The van der Waals surface area contributed by atoms with Crippen LogP contribution in [0.2, 0.25) is 5.02 Å². The smallest absolute Gasteiger partial charge is 0.193 e. The van der Waals surface area contributed by atoms with Crippen molar-refractivity contribution >= 4 is 23.1 Å². The largest absolute Gasteiger partial charge is 0.493 e. The molecule has 4 heteroatoms. The highest BCUT2D eigenvalue weighted by atomic mass is 35.5. The number of hydrogen-bond acceptors (Lipinski definition) is 3. The van der Waals surface area contributed by atoms with E-state index < -0.39 is 0 Å². The topological polar surface area (TPSA) is 52.3 Å². The quantitative estimate of drug-likeness (QED) is 0.676. The SMILES string of the molecule is Nc1cc(Cl)cc(C(=O)c2ccc3c(c2)CCO3)c1. The van der Waals surface area contributed by atoms with Gasteiger partial charge in [-0.2, -0.15) is 0 Å². The average molecular weight is 274 g/mol. The lowest BCUT2D eigenvalue weighted by Gasteiger charge is -2.05. The minimum Gasteiger partial charge on any atom is -0.493 e. The fourth-order valence-corrected chi connectivity index (χ4v) is 2.48. The Kier molecular flexibility index (Phi) is 2.91. The van der Waals surface area contributed by atoms with Crippen LogP contribution in [-0.4, -0.2) is 12.4 Å². The summed E-state index contributed by atoms with van der Waals surface area (Å²) >= 11 is 5.92. The van der Waals surface area contributed by atoms with E-state index >= 15 is 0 Å². The van der Waals surface area contributed by atoms with Crippen molar-refractivity contribution in [2.75, 3.05) is 12.3 Å². The molecule has 19 heavy (non-hydrogen) atoms. The zero-order valence-electron chi connectivity index (χ0n) is 10.2. The number of halogens is 1. The highest BCUT2D eigenvalue weighted by Gasteiger charge is 2.16. The second-order valence-electron chi connectivity index (χ2n) is 4.52. The van der Waals surface area contributed by atoms with Gasteiger partial charge in [0, 0.05) is 28.3 Å². The molecule has 2 N–H and O–H groups in total. The van der Waals surface area contributed by atoms with Crippen LogP contribution in [0.25, 0.3) is 0 Å². The van der Waals surface area contributed by atoms with Crippen LogP contribution in [0.3, 0.4) is 0 Å². The Morgan fingerprint density at radius 1 is 1.16 bits per heavy atom. The average Bonchev–Trinajstić information content (AvgIpc) is 2.83. The zero-order chi connectivity index (χ0) is 13.4. The molecule has 0 bridgehead atoms. The molecule has 0 spiro atoms. The third-order valence-corrected chi connectivity index (χ3v) is 3.35. The Morgan fingerprint density at radius 2 is 2.00 bits per heavy atom. The van der Waals surface area contributed by atoms with E-state index in [1.165, 1.54) is 0 Å². The van der Waals surface area contributed by atoms with Crippen molar-refractivity contribution in [1.82, 2.24) is 0 Å². The molecule has 0 unspecified atom stereocenters. The summed E-state index contributed by atoms with van der Waals surface area (Å²) in [6.45, 7) is 0.678. The number of carbonyl (C=O) groups is 1. The number of fused-ring (bicyclic) bond motifs is 1. The first-order valence-corrected chi connectivity index (χ1v) is 6.38. The molecule has 2 aromatic rings. The predicted molar refractivity (Wildman–Crippen MR) is 74.9 cm³/mol. The molecule has 0 aromatic heterocycles. The van der Waals surface area contributed by atoms with E-state index in [-0.39, 0.29) is 5.78 Å². The summed E-state index contributed by atoms with van der Waals surface area (Å²) in [6, 6.07) is 10.4. The van der Waals surface area contributed by atoms with Gasteiger partial charge in [0.1, 0.15) is 5.75 Å². The summed E-state index contributed by atoms with van der Waals surface area (Å²) in [5, 5.41) is 0.466. The van der Waals surface area contributed by atoms with E-state index in [4.69, 9.17) is 22.1 Å². The number of nitrogen functional groups attached to an aromatic ring is 1. The molecule has 3 nitrogen and oxygen atoms in total. The van der Waals surface area contributed by atoms with Crippen molar-refractivity contribution in [1.29, 1.82) is 0 Å². The summed E-state index contributed by atoms with van der Waals surface area (Å²) in [4.78, 5) is 12.4. The summed E-state index contributed by atoms with van der Waals surface area (Å²) in [5.41, 5.74) is 8.40. The van der Waals surface area contributed by atoms with Crippen LogP contribution in [0.4, 0.5) is 5.69 Å². The molecule has 3 rings (SSSR count). The lowest BCUT2D eigenvalue weighted by molar-refractivity contribution is 0.103. The Labute approximate surface area is 115 Å². The van der Waals surface area contributed by atoms with Gasteiger partial charge in [-0.3, -0.25) is 4.79 Å². The zero-order valence-corrected chi connectivity index (χ0v) is 10.9. The predicted octanol–water partition coefficient (Wildman–Crippen LogP) is 3.09. The minimum absolute atomic E-state index is 0.0797. The van der Waals surface area contributed by atoms with Gasteiger partial charge in [-0.15, -0.1) is 0 Å². The van der Waals surface area contributed by atoms with E-state index in [1.54, 1.807) is 24.3 Å². The molecule has 1 aliphatic rings. The number of ketones is 1. The van der Waals surface area contributed by atoms with Gasteiger partial charge < -0.3 is 10.5 Å². The van der Waals surface area contributed by atoms with E-state index in [0.717, 1.165) is 17.7 Å². The van der Waals surface area contributed by atoms with Crippen molar-refractivity contribution in [2.24, 2.45) is 0 Å². The Balaban J connectivity index is 1.99. The van der Waals surface area contributed by atoms with Crippen LogP contribution < -0.4 is 10.5 Å². The first kappa shape index (κ1) is 12.1. The highest BCUT2D eigenvalue weighted by molar-refractivity contribution is 6.31. The van der Waals surface area contributed by atoms with Crippen LogP contribution in [0.5, 0.6) is 5.75 Å². The number of ether oxygens (including phenoxy) is 1. The summed E-state index contributed by atoms with van der Waals surface area (Å²) < 4.78 is 5.42. The van der Waals surface area contributed by atoms with Crippen molar-refractivity contribution in [3.63, 3.8) is 0 Å². The molecule has 0 saturated heterocycles. The molecule has 1 aliphatic heterocycles. The van der Waals surface area contributed by atoms with Crippen LogP contribution in [-0.2, 0) is 6.42 Å². The molecule has 1 heterocycles. The van der Waals surface area contributed by atoms with Crippen molar-refractivity contribution in [3.05, 3.63) is 58.1 Å². The maximum absolute atomic E-state index is 12.4. The normalized spacial score (nSPS) is 12.9. The van der Waals surface area contributed by atoms with Crippen LogP contribution >= 0.6 is 11.6 Å². The fourth-order valence-electron chi connectivity index (χ4n) is 2.24. The van der Waals surface area contributed by atoms with Gasteiger partial charge in [0.05, 0.1) is 6.61 Å². The van der Waals surface area contributed by atoms with Crippen LogP contribution in [0, 0.1) is 0 Å².